The molecule has 14 heteroatoms. The molecule has 3 N–H and O–H groups in total. The van der Waals surface area contributed by atoms with Crippen LogP contribution in [0.25, 0.3) is 0 Å². The summed E-state index contributed by atoms with van der Waals surface area (Å²) in [6, 6.07) is 7.37. The van der Waals surface area contributed by atoms with Gasteiger partial charge < -0.3 is 20.3 Å². The molecule has 2 saturated heterocycles. The minimum Gasteiger partial charge on any atom is -0.395 e. The molecule has 3 fully saturated rings. The van der Waals surface area contributed by atoms with E-state index in [2.05, 4.69) is 10.0 Å². The zero-order valence-corrected chi connectivity index (χ0v) is 23.3. The first-order valence-electron chi connectivity index (χ1n) is 13.7. The predicted octanol–water partition coefficient (Wildman–Crippen LogP) is 2.78. The van der Waals surface area contributed by atoms with Crippen LogP contribution in [-0.2, 0) is 10.0 Å². The summed E-state index contributed by atoms with van der Waals surface area (Å²) in [4.78, 5) is 28.7. The second kappa shape index (κ2) is 11.2. The summed E-state index contributed by atoms with van der Waals surface area (Å²) >= 11 is 0. The number of carbonyl (C=O) groups excluding carboxylic acids is 1. The lowest BCUT2D eigenvalue weighted by Crippen LogP contribution is -2.54. The van der Waals surface area contributed by atoms with Gasteiger partial charge in [-0.15, -0.1) is 0 Å². The van der Waals surface area contributed by atoms with Crippen LogP contribution in [0.5, 0.6) is 0 Å². The van der Waals surface area contributed by atoms with Crippen LogP contribution in [0.3, 0.4) is 0 Å². The normalized spacial score (nSPS) is 23.9. The van der Waals surface area contributed by atoms with Crippen molar-refractivity contribution < 1.29 is 31.5 Å². The van der Waals surface area contributed by atoms with Gasteiger partial charge in [-0.3, -0.25) is 18.7 Å². The number of amides is 1. The van der Waals surface area contributed by atoms with Crippen molar-refractivity contribution in [1.82, 2.24) is 4.68 Å². The van der Waals surface area contributed by atoms with Gasteiger partial charge in [0.05, 0.1) is 36.0 Å². The first-order valence-corrected chi connectivity index (χ1v) is 15.3. The number of nitrogens with one attached hydrogen (secondary N) is 2. The number of halogens is 3. The van der Waals surface area contributed by atoms with Crippen molar-refractivity contribution in [2.45, 2.75) is 38.0 Å². The van der Waals surface area contributed by atoms with E-state index in [1.165, 1.54) is 40.1 Å². The molecule has 10 nitrogen and oxygen atoms in total. The number of pyridine rings is 1. The zero-order chi connectivity index (χ0) is 29.4. The first-order chi connectivity index (χ1) is 19.5. The van der Waals surface area contributed by atoms with Gasteiger partial charge in [0.15, 0.2) is 0 Å². The van der Waals surface area contributed by atoms with Gasteiger partial charge in [0.25, 0.3) is 17.4 Å². The summed E-state index contributed by atoms with van der Waals surface area (Å²) in [6.45, 7) is -0.0394. The molecule has 224 valence electrons. The van der Waals surface area contributed by atoms with E-state index in [9.17, 15) is 31.2 Å². The number of aromatic nitrogens is 1. The van der Waals surface area contributed by atoms with Crippen molar-refractivity contribution in [3.8, 4) is 0 Å². The van der Waals surface area contributed by atoms with Crippen LogP contribution in [0, 0.1) is 11.3 Å². The van der Waals surface area contributed by atoms with Gasteiger partial charge >= 0.3 is 0 Å². The molecule has 0 unspecified atom stereocenters. The number of hydrogen-bond acceptors (Lipinski definition) is 7. The highest BCUT2D eigenvalue weighted by Crippen LogP contribution is 2.53. The Labute approximate surface area is 236 Å². The largest absolute Gasteiger partial charge is 0.395 e. The molecule has 41 heavy (non-hydrogen) atoms. The topological polar surface area (TPSA) is 124 Å². The molecule has 3 heterocycles. The lowest BCUT2D eigenvalue weighted by atomic mass is 9.57. The second-order valence-electron chi connectivity index (χ2n) is 11.1. The molecule has 1 aliphatic carbocycles. The van der Waals surface area contributed by atoms with Gasteiger partial charge in [-0.1, -0.05) is 0 Å². The first kappa shape index (κ1) is 29.2. The minimum atomic E-state index is -3.83. The lowest BCUT2D eigenvalue weighted by Gasteiger charge is -2.54. The minimum absolute atomic E-state index is 0.0153. The third-order valence-electron chi connectivity index (χ3n) is 8.61. The maximum atomic E-state index is 13.9. The van der Waals surface area contributed by atoms with E-state index < -0.39 is 46.4 Å². The highest BCUT2D eigenvalue weighted by molar-refractivity contribution is 7.92. The second-order valence-corrected chi connectivity index (χ2v) is 13.0. The average molecular weight is 598 g/mol. The summed E-state index contributed by atoms with van der Waals surface area (Å²) in [6.07, 6.45) is 2.96. The lowest BCUT2D eigenvalue weighted by molar-refractivity contribution is -0.0260. The molecular formula is C27H34F3N5O5S. The molecule has 0 spiro atoms. The van der Waals surface area contributed by atoms with Gasteiger partial charge in [-0.25, -0.2) is 21.9 Å². The van der Waals surface area contributed by atoms with Crippen molar-refractivity contribution in [3.05, 3.63) is 52.4 Å². The fourth-order valence-electron chi connectivity index (χ4n) is 5.98. The molecule has 2 aliphatic heterocycles. The summed E-state index contributed by atoms with van der Waals surface area (Å²) in [5, 5.41) is 13.2. The number of benzene rings is 1. The smallest absolute Gasteiger partial charge is 0.292 e. The molecule has 0 bridgehead atoms. The molecule has 1 aromatic carbocycles. The van der Waals surface area contributed by atoms with Crippen molar-refractivity contribution in [1.29, 1.82) is 0 Å². The third kappa shape index (κ3) is 6.03. The number of piperidine rings is 2. The number of alkyl halides is 3. The van der Waals surface area contributed by atoms with E-state index in [0.717, 1.165) is 12.8 Å². The highest BCUT2D eigenvalue weighted by atomic mass is 32.2. The molecule has 2 atom stereocenters. The number of nitrogens with zero attached hydrogens (tertiary/aromatic N) is 3. The van der Waals surface area contributed by atoms with Crippen LogP contribution >= 0.6 is 0 Å². The van der Waals surface area contributed by atoms with Crippen LogP contribution in [0.15, 0.2) is 41.3 Å². The number of aliphatic hydroxyl groups is 1. The van der Waals surface area contributed by atoms with Crippen LogP contribution in [-0.4, -0.2) is 75.2 Å². The van der Waals surface area contributed by atoms with Gasteiger partial charge in [0, 0.05) is 50.6 Å². The molecule has 3 aliphatic rings. The molecular weight excluding hydrogens is 563 g/mol. The van der Waals surface area contributed by atoms with Crippen LogP contribution in [0.1, 0.15) is 42.5 Å². The zero-order valence-electron chi connectivity index (χ0n) is 22.5. The van der Waals surface area contributed by atoms with Gasteiger partial charge in [0.2, 0.25) is 10.0 Å². The Kier molecular flexibility index (Phi) is 7.99. The summed E-state index contributed by atoms with van der Waals surface area (Å²) < 4.78 is 69.3. The van der Waals surface area contributed by atoms with Gasteiger partial charge in [-0.05, 0) is 55.5 Å². The maximum Gasteiger partial charge on any atom is 0.292 e. The van der Waals surface area contributed by atoms with Crippen molar-refractivity contribution in [3.63, 3.8) is 0 Å². The Morgan fingerprint density at radius 3 is 2.49 bits per heavy atom. The Morgan fingerprint density at radius 2 is 1.85 bits per heavy atom. The third-order valence-corrected chi connectivity index (χ3v) is 9.88. The van der Waals surface area contributed by atoms with Crippen LogP contribution in [0.4, 0.5) is 30.2 Å². The van der Waals surface area contributed by atoms with E-state index >= 15 is 0 Å². The van der Waals surface area contributed by atoms with Crippen LogP contribution in [0.2, 0.25) is 0 Å². The molecule has 1 aromatic heterocycles. The molecule has 2 aromatic rings. The number of rotatable bonds is 9. The summed E-state index contributed by atoms with van der Waals surface area (Å²) in [5.74, 6) is -3.78. The monoisotopic (exact) mass is 597 g/mol. The van der Waals surface area contributed by atoms with Crippen molar-refractivity contribution in [2.24, 2.45) is 11.3 Å². The average Bonchev–Trinajstić information content (AvgIpc) is 2.91. The predicted molar refractivity (Wildman–Crippen MR) is 150 cm³/mol. The Hall–Kier alpha value is -3.26. The number of anilines is 3. The fraction of sp³-hybridized carbons (Fsp3) is 0.556. The quantitative estimate of drug-likeness (QED) is 0.406. The van der Waals surface area contributed by atoms with E-state index in [4.69, 9.17) is 5.11 Å². The van der Waals surface area contributed by atoms with Gasteiger partial charge in [-0.2, -0.15) is 0 Å². The number of hydrogen-bond donors (Lipinski definition) is 3. The summed E-state index contributed by atoms with van der Waals surface area (Å²) in [5.41, 5.74) is -0.142. The highest BCUT2D eigenvalue weighted by Gasteiger charge is 2.50. The van der Waals surface area contributed by atoms with Crippen molar-refractivity contribution in [2.75, 3.05) is 65.2 Å². The summed E-state index contributed by atoms with van der Waals surface area (Å²) in [7, 11) is -3.83. The van der Waals surface area contributed by atoms with E-state index in [-0.39, 0.29) is 54.2 Å². The number of carbonyl (C=O) groups is 1. The van der Waals surface area contributed by atoms with E-state index in [0.29, 0.717) is 25.2 Å². The van der Waals surface area contributed by atoms with Crippen LogP contribution < -0.4 is 25.5 Å². The Balaban J connectivity index is 1.42. The molecule has 5 rings (SSSR count). The Bertz CT molecular complexity index is 1460. The fourth-order valence-corrected chi connectivity index (χ4v) is 6.80. The number of fused-ring (bicyclic) bond motifs is 1. The molecule has 1 saturated carbocycles. The SMILES string of the molecule is O=C(Nc1cccn(N2CCC(F)(F)CC2)c1=O)c1ccc(NS(=O)(=O)CCO)cc1N1CC[C@]2(CF)CC[C@@H]2C1. The standard InChI is InChI=1S/C27H34F3N5O5S/c28-18-26-6-5-19(26)17-33(11-7-26)23-16-20(32-41(39,40)15-14-36)3-4-21(23)24(37)31-22-2-1-10-35(25(22)38)34-12-8-27(29,30)9-13-34/h1-4,10,16,19,32,36H,5-9,11-15,17-18H2,(H,31,37)/t19-,26+/m1/s1. The Morgan fingerprint density at radius 1 is 1.10 bits per heavy atom. The number of sulfonamides is 1. The van der Waals surface area contributed by atoms with E-state index in [1.54, 1.807) is 6.07 Å². The molecule has 1 amide bonds. The van der Waals surface area contributed by atoms with Crippen molar-refractivity contribution >= 4 is 33.0 Å². The maximum absolute atomic E-state index is 13.9. The van der Waals surface area contributed by atoms with E-state index in [1.807, 2.05) is 4.90 Å². The number of aliphatic hydroxyl groups excluding tert-OH is 1. The van der Waals surface area contributed by atoms with Gasteiger partial charge in [0.1, 0.15) is 5.69 Å². The molecule has 0 radical (unpaired) electrons.